The largest absolute Gasteiger partial charge is 0.244 e. The fraction of sp³-hybridized carbons (Fsp3) is 0.538. The molecule has 1 aliphatic rings. The first kappa shape index (κ1) is 16.4. The van der Waals surface area contributed by atoms with Crippen molar-refractivity contribution in [1.82, 2.24) is 4.31 Å². The van der Waals surface area contributed by atoms with Crippen molar-refractivity contribution >= 4 is 20.0 Å². The van der Waals surface area contributed by atoms with E-state index in [2.05, 4.69) is 0 Å². The molecule has 2 N–H and O–H groups in total. The lowest BCUT2D eigenvalue weighted by atomic mass is 9.94. The van der Waals surface area contributed by atoms with Gasteiger partial charge in [-0.15, -0.1) is 0 Å². The van der Waals surface area contributed by atoms with Gasteiger partial charge in [0.25, 0.3) is 0 Å². The smallest absolute Gasteiger partial charge is 0.225 e. The molecule has 1 saturated heterocycles. The lowest BCUT2D eigenvalue weighted by molar-refractivity contribution is 0.202. The van der Waals surface area contributed by atoms with E-state index in [0.717, 1.165) is 12.8 Å². The van der Waals surface area contributed by atoms with Crippen molar-refractivity contribution in [2.24, 2.45) is 11.1 Å². The van der Waals surface area contributed by atoms with Crippen molar-refractivity contribution in [1.29, 1.82) is 0 Å². The van der Waals surface area contributed by atoms with Crippen molar-refractivity contribution < 1.29 is 16.8 Å². The minimum absolute atomic E-state index is 0.169. The lowest BCUT2D eigenvalue weighted by Gasteiger charge is -2.37. The summed E-state index contributed by atoms with van der Waals surface area (Å²) in [6.07, 6.45) is 1.73. The Bertz CT molecular complexity index is 728. The average Bonchev–Trinajstić information content (AvgIpc) is 2.41. The molecule has 1 heterocycles. The van der Waals surface area contributed by atoms with Crippen molar-refractivity contribution in [2.75, 3.05) is 6.54 Å². The van der Waals surface area contributed by atoms with Gasteiger partial charge in [0, 0.05) is 12.6 Å². The van der Waals surface area contributed by atoms with Crippen molar-refractivity contribution in [3.63, 3.8) is 0 Å². The van der Waals surface area contributed by atoms with Gasteiger partial charge in [-0.3, -0.25) is 0 Å². The third-order valence-corrected chi connectivity index (χ3v) is 7.20. The highest BCUT2D eigenvalue weighted by Crippen LogP contribution is 2.31. The molecule has 0 aromatic heterocycles. The number of nitrogens with zero attached hydrogens (tertiary/aromatic N) is 1. The van der Waals surface area contributed by atoms with Crippen LogP contribution in [0.2, 0.25) is 0 Å². The van der Waals surface area contributed by atoms with E-state index in [-0.39, 0.29) is 21.8 Å². The molecule has 0 amide bonds. The van der Waals surface area contributed by atoms with Crippen LogP contribution in [0.15, 0.2) is 34.1 Å². The van der Waals surface area contributed by atoms with Gasteiger partial charge in [-0.1, -0.05) is 19.1 Å². The zero-order valence-electron chi connectivity index (χ0n) is 12.1. The summed E-state index contributed by atoms with van der Waals surface area (Å²) in [6, 6.07) is 5.30. The summed E-state index contributed by atoms with van der Waals surface area (Å²) in [6.45, 7) is 4.24. The predicted octanol–water partition coefficient (Wildman–Crippen LogP) is 1.14. The molecule has 118 valence electrons. The van der Waals surface area contributed by atoms with Crippen LogP contribution >= 0.6 is 0 Å². The minimum atomic E-state index is -4.09. The minimum Gasteiger partial charge on any atom is -0.225 e. The molecule has 0 bridgehead atoms. The van der Waals surface area contributed by atoms with Gasteiger partial charge in [0.15, 0.2) is 0 Å². The Balaban J connectivity index is 2.55. The van der Waals surface area contributed by atoms with E-state index in [1.807, 2.05) is 13.8 Å². The van der Waals surface area contributed by atoms with Crippen LogP contribution in [0.25, 0.3) is 0 Å². The number of benzene rings is 1. The lowest BCUT2D eigenvalue weighted by Crippen LogP contribution is -2.46. The van der Waals surface area contributed by atoms with Gasteiger partial charge in [0.1, 0.15) is 9.79 Å². The summed E-state index contributed by atoms with van der Waals surface area (Å²) in [4.78, 5) is -0.594. The molecule has 0 spiro atoms. The summed E-state index contributed by atoms with van der Waals surface area (Å²) >= 11 is 0. The molecule has 0 saturated carbocycles. The summed E-state index contributed by atoms with van der Waals surface area (Å²) in [5.41, 5.74) is 0. The van der Waals surface area contributed by atoms with Gasteiger partial charge < -0.3 is 0 Å². The van der Waals surface area contributed by atoms with E-state index >= 15 is 0 Å². The van der Waals surface area contributed by atoms with Gasteiger partial charge >= 0.3 is 0 Å². The first-order valence-corrected chi connectivity index (χ1v) is 9.78. The Hall–Kier alpha value is -0.960. The summed E-state index contributed by atoms with van der Waals surface area (Å²) < 4.78 is 50.3. The second-order valence-corrected chi connectivity index (χ2v) is 8.86. The molecule has 1 aromatic rings. The average molecular weight is 332 g/mol. The molecular formula is C13H20N2O4S2. The Kier molecular flexibility index (Phi) is 4.44. The second-order valence-electron chi connectivity index (χ2n) is 5.47. The highest BCUT2D eigenvalue weighted by atomic mass is 32.2. The van der Waals surface area contributed by atoms with E-state index in [1.54, 1.807) is 0 Å². The third kappa shape index (κ3) is 3.13. The second kappa shape index (κ2) is 5.68. The zero-order valence-corrected chi connectivity index (χ0v) is 13.7. The number of piperidine rings is 1. The number of nitrogens with two attached hydrogens (primary N) is 1. The molecular weight excluding hydrogens is 312 g/mol. The highest BCUT2D eigenvalue weighted by molar-refractivity contribution is 7.92. The van der Waals surface area contributed by atoms with Crippen LogP contribution in [-0.4, -0.2) is 33.7 Å². The van der Waals surface area contributed by atoms with E-state index < -0.39 is 20.0 Å². The third-order valence-electron chi connectivity index (χ3n) is 4.06. The Morgan fingerprint density at radius 1 is 1.10 bits per heavy atom. The van der Waals surface area contributed by atoms with Crippen molar-refractivity contribution in [3.05, 3.63) is 24.3 Å². The van der Waals surface area contributed by atoms with E-state index in [1.165, 1.54) is 28.6 Å². The molecule has 0 radical (unpaired) electrons. The Morgan fingerprint density at radius 2 is 1.67 bits per heavy atom. The quantitative estimate of drug-likeness (QED) is 0.897. The van der Waals surface area contributed by atoms with Crippen LogP contribution in [0, 0.1) is 5.92 Å². The maximum absolute atomic E-state index is 12.8. The topological polar surface area (TPSA) is 97.5 Å². The first-order valence-electron chi connectivity index (χ1n) is 6.79. The summed E-state index contributed by atoms with van der Waals surface area (Å²) in [7, 11) is -7.98. The summed E-state index contributed by atoms with van der Waals surface area (Å²) in [5.74, 6) is 0.232. The molecule has 6 nitrogen and oxygen atoms in total. The van der Waals surface area contributed by atoms with E-state index in [4.69, 9.17) is 5.14 Å². The van der Waals surface area contributed by atoms with Crippen LogP contribution in [0.3, 0.4) is 0 Å². The maximum Gasteiger partial charge on any atom is 0.244 e. The zero-order chi connectivity index (χ0) is 15.8. The number of rotatable bonds is 3. The molecule has 2 rings (SSSR count). The molecule has 1 aliphatic heterocycles. The van der Waals surface area contributed by atoms with Crippen LogP contribution in [0.1, 0.15) is 26.7 Å². The highest BCUT2D eigenvalue weighted by Gasteiger charge is 2.36. The molecule has 1 fully saturated rings. The fourth-order valence-corrected chi connectivity index (χ4v) is 5.78. The van der Waals surface area contributed by atoms with Gasteiger partial charge in [-0.25, -0.2) is 22.0 Å². The number of hydrogen-bond acceptors (Lipinski definition) is 4. The molecule has 2 unspecified atom stereocenters. The van der Waals surface area contributed by atoms with Gasteiger partial charge in [-0.2, -0.15) is 4.31 Å². The fourth-order valence-electron chi connectivity index (χ4n) is 2.66. The molecule has 21 heavy (non-hydrogen) atoms. The number of sulfonamides is 2. The van der Waals surface area contributed by atoms with Gasteiger partial charge in [0.2, 0.25) is 20.0 Å². The van der Waals surface area contributed by atoms with Crippen LogP contribution in [0.4, 0.5) is 0 Å². The van der Waals surface area contributed by atoms with E-state index in [0.29, 0.717) is 6.54 Å². The summed E-state index contributed by atoms with van der Waals surface area (Å²) in [5, 5.41) is 5.14. The number of hydrogen-bond donors (Lipinski definition) is 1. The Morgan fingerprint density at radius 3 is 2.24 bits per heavy atom. The SMILES string of the molecule is CC1CCCN(S(=O)(=O)c2ccccc2S(N)(=O)=O)C1C. The van der Waals surface area contributed by atoms with Crippen LogP contribution < -0.4 is 5.14 Å². The molecule has 8 heteroatoms. The van der Waals surface area contributed by atoms with Gasteiger partial charge in [0.05, 0.1) is 0 Å². The monoisotopic (exact) mass is 332 g/mol. The number of primary sulfonamides is 1. The van der Waals surface area contributed by atoms with Crippen molar-refractivity contribution in [2.45, 2.75) is 42.5 Å². The predicted molar refractivity (Wildman–Crippen MR) is 79.6 cm³/mol. The molecule has 0 aliphatic carbocycles. The first-order chi connectivity index (χ1) is 9.65. The van der Waals surface area contributed by atoms with Crippen LogP contribution in [-0.2, 0) is 20.0 Å². The van der Waals surface area contributed by atoms with Crippen molar-refractivity contribution in [3.8, 4) is 0 Å². The van der Waals surface area contributed by atoms with Gasteiger partial charge in [-0.05, 0) is 37.8 Å². The maximum atomic E-state index is 12.8. The molecule has 1 aromatic carbocycles. The molecule has 2 atom stereocenters. The van der Waals surface area contributed by atoms with Crippen LogP contribution in [0.5, 0.6) is 0 Å². The normalized spacial score (nSPS) is 24.9. The van der Waals surface area contributed by atoms with E-state index in [9.17, 15) is 16.8 Å². The Labute approximate surface area is 126 Å². The standard InChI is InChI=1S/C13H20N2O4S2/c1-10-6-5-9-15(11(10)2)21(18,19)13-8-4-3-7-12(13)20(14,16)17/h3-4,7-8,10-11H,5-6,9H2,1-2H3,(H2,14,16,17).